The van der Waals surface area contributed by atoms with E-state index in [9.17, 15) is 5.26 Å². The molecule has 0 spiro atoms. The van der Waals surface area contributed by atoms with Gasteiger partial charge in [0.15, 0.2) is 0 Å². The zero-order valence-electron chi connectivity index (χ0n) is 13.8. The third-order valence-electron chi connectivity index (χ3n) is 5.98. The van der Waals surface area contributed by atoms with E-state index in [0.29, 0.717) is 12.5 Å². The summed E-state index contributed by atoms with van der Waals surface area (Å²) in [6.07, 6.45) is 7.67. The second kappa shape index (κ2) is 5.84. The topological polar surface area (TPSA) is 50.8 Å². The molecule has 0 aromatic heterocycles. The average Bonchev–Trinajstić information content (AvgIpc) is 2.84. The van der Waals surface area contributed by atoms with Gasteiger partial charge in [-0.1, -0.05) is 24.3 Å². The molecular formula is C21H21N3. The highest BCUT2D eigenvalue weighted by Gasteiger charge is 2.48. The molecule has 24 heavy (non-hydrogen) atoms. The summed E-state index contributed by atoms with van der Waals surface area (Å²) in [5.41, 5.74) is 2.13. The number of anilines is 1. The van der Waals surface area contributed by atoms with E-state index >= 15 is 0 Å². The van der Waals surface area contributed by atoms with Gasteiger partial charge in [-0.05, 0) is 50.7 Å². The Kier molecular flexibility index (Phi) is 3.66. The van der Waals surface area contributed by atoms with Crippen LogP contribution >= 0.6 is 0 Å². The SMILES string of the molecule is N#CCCC12CCCC(CC1)N2c1ccc(C#N)c2ccccc12. The highest BCUT2D eigenvalue weighted by Crippen LogP contribution is 2.50. The van der Waals surface area contributed by atoms with Crippen LogP contribution in [0.4, 0.5) is 5.69 Å². The molecule has 2 fully saturated rings. The maximum Gasteiger partial charge on any atom is 0.0998 e. The monoisotopic (exact) mass is 315 g/mol. The van der Waals surface area contributed by atoms with Crippen molar-refractivity contribution in [2.45, 2.75) is 56.5 Å². The molecule has 2 saturated heterocycles. The highest BCUT2D eigenvalue weighted by molar-refractivity contribution is 5.98. The summed E-state index contributed by atoms with van der Waals surface area (Å²) in [4.78, 5) is 2.62. The van der Waals surface area contributed by atoms with Crippen molar-refractivity contribution in [3.05, 3.63) is 42.0 Å². The number of nitriles is 2. The van der Waals surface area contributed by atoms with Gasteiger partial charge in [0.1, 0.15) is 0 Å². The van der Waals surface area contributed by atoms with Crippen molar-refractivity contribution in [3.8, 4) is 12.1 Å². The Bertz CT molecular complexity index is 853. The van der Waals surface area contributed by atoms with Crippen LogP contribution in [0.15, 0.2) is 36.4 Å². The minimum Gasteiger partial charge on any atom is -0.362 e. The Morgan fingerprint density at radius 3 is 2.67 bits per heavy atom. The van der Waals surface area contributed by atoms with Crippen LogP contribution in [-0.4, -0.2) is 11.6 Å². The van der Waals surface area contributed by atoms with Gasteiger partial charge in [0.25, 0.3) is 0 Å². The average molecular weight is 315 g/mol. The molecule has 120 valence electrons. The van der Waals surface area contributed by atoms with Crippen molar-refractivity contribution in [1.82, 2.24) is 0 Å². The number of rotatable bonds is 3. The number of piperidine rings is 1. The lowest BCUT2D eigenvalue weighted by molar-refractivity contribution is 0.315. The molecule has 0 saturated carbocycles. The van der Waals surface area contributed by atoms with Gasteiger partial charge in [-0.25, -0.2) is 0 Å². The standard InChI is InChI=1S/C21H21N3/c22-14-4-12-21-11-3-5-17(10-13-21)24(21)20-9-8-16(15-23)18-6-1-2-7-19(18)20/h1-2,6-9,17H,3-5,10-13H2. The van der Waals surface area contributed by atoms with Crippen LogP contribution in [0.5, 0.6) is 0 Å². The van der Waals surface area contributed by atoms with E-state index in [1.807, 2.05) is 18.2 Å². The number of nitrogens with zero attached hydrogens (tertiary/aromatic N) is 3. The smallest absolute Gasteiger partial charge is 0.0998 e. The summed E-state index contributed by atoms with van der Waals surface area (Å²) in [5, 5.41) is 20.7. The van der Waals surface area contributed by atoms with Crippen molar-refractivity contribution < 1.29 is 0 Å². The second-order valence-corrected chi connectivity index (χ2v) is 7.13. The summed E-state index contributed by atoms with van der Waals surface area (Å²) < 4.78 is 0. The van der Waals surface area contributed by atoms with E-state index in [1.54, 1.807) is 0 Å². The normalized spacial score (nSPS) is 25.4. The fraction of sp³-hybridized carbons (Fsp3) is 0.429. The maximum absolute atomic E-state index is 9.42. The van der Waals surface area contributed by atoms with E-state index < -0.39 is 0 Å². The summed E-state index contributed by atoms with van der Waals surface area (Å²) in [7, 11) is 0. The molecule has 2 heterocycles. The Morgan fingerprint density at radius 2 is 1.88 bits per heavy atom. The molecule has 2 aliphatic rings. The quantitative estimate of drug-likeness (QED) is 0.809. The van der Waals surface area contributed by atoms with E-state index in [2.05, 4.69) is 35.2 Å². The van der Waals surface area contributed by atoms with Crippen LogP contribution in [0.3, 0.4) is 0 Å². The van der Waals surface area contributed by atoms with Gasteiger partial charge in [0.05, 0.1) is 17.7 Å². The molecule has 2 bridgehead atoms. The van der Waals surface area contributed by atoms with Crippen molar-refractivity contribution in [3.63, 3.8) is 0 Å². The molecule has 2 atom stereocenters. The van der Waals surface area contributed by atoms with Crippen LogP contribution in [0.2, 0.25) is 0 Å². The summed E-state index contributed by atoms with van der Waals surface area (Å²) >= 11 is 0. The van der Waals surface area contributed by atoms with Crippen LogP contribution in [0.25, 0.3) is 10.8 Å². The zero-order valence-corrected chi connectivity index (χ0v) is 13.8. The van der Waals surface area contributed by atoms with Crippen LogP contribution in [0.1, 0.15) is 50.5 Å². The van der Waals surface area contributed by atoms with Crippen molar-refractivity contribution >= 4 is 16.5 Å². The molecule has 3 heteroatoms. The number of benzene rings is 2. The van der Waals surface area contributed by atoms with Gasteiger partial charge in [-0.15, -0.1) is 0 Å². The lowest BCUT2D eigenvalue weighted by atomic mass is 9.83. The molecule has 2 aromatic rings. The van der Waals surface area contributed by atoms with Gasteiger partial charge >= 0.3 is 0 Å². The Hall–Kier alpha value is -2.52. The Morgan fingerprint density at radius 1 is 1.04 bits per heavy atom. The fourth-order valence-corrected chi connectivity index (χ4v) is 4.96. The molecule has 2 aliphatic heterocycles. The summed E-state index contributed by atoms with van der Waals surface area (Å²) in [5.74, 6) is 0. The third kappa shape index (κ3) is 2.16. The van der Waals surface area contributed by atoms with E-state index in [1.165, 1.54) is 43.2 Å². The minimum atomic E-state index is 0.135. The van der Waals surface area contributed by atoms with Gasteiger partial charge in [-0.3, -0.25) is 0 Å². The van der Waals surface area contributed by atoms with Gasteiger partial charge in [0, 0.05) is 34.5 Å². The van der Waals surface area contributed by atoms with Crippen LogP contribution in [-0.2, 0) is 0 Å². The Balaban J connectivity index is 1.87. The molecule has 0 amide bonds. The van der Waals surface area contributed by atoms with E-state index in [0.717, 1.165) is 17.4 Å². The fourth-order valence-electron chi connectivity index (χ4n) is 4.96. The van der Waals surface area contributed by atoms with Crippen LogP contribution in [0, 0.1) is 22.7 Å². The summed E-state index contributed by atoms with van der Waals surface area (Å²) in [6, 6.07) is 17.6. The molecule has 0 aliphatic carbocycles. The maximum atomic E-state index is 9.42. The molecule has 4 rings (SSSR count). The predicted molar refractivity (Wildman–Crippen MR) is 95.6 cm³/mol. The molecule has 2 unspecified atom stereocenters. The van der Waals surface area contributed by atoms with Gasteiger partial charge in [0.2, 0.25) is 0 Å². The number of hydrogen-bond donors (Lipinski definition) is 0. The first kappa shape index (κ1) is 15.0. The minimum absolute atomic E-state index is 0.135. The van der Waals surface area contributed by atoms with Gasteiger partial charge in [-0.2, -0.15) is 10.5 Å². The van der Waals surface area contributed by atoms with Crippen molar-refractivity contribution in [2.75, 3.05) is 4.90 Å². The molecular weight excluding hydrogens is 294 g/mol. The first-order valence-corrected chi connectivity index (χ1v) is 8.87. The molecule has 0 N–H and O–H groups in total. The molecule has 3 nitrogen and oxygen atoms in total. The zero-order chi connectivity index (χ0) is 16.6. The van der Waals surface area contributed by atoms with E-state index in [4.69, 9.17) is 5.26 Å². The van der Waals surface area contributed by atoms with Gasteiger partial charge < -0.3 is 4.90 Å². The first-order chi connectivity index (χ1) is 11.8. The van der Waals surface area contributed by atoms with E-state index in [-0.39, 0.29) is 5.54 Å². The largest absolute Gasteiger partial charge is 0.362 e. The highest BCUT2D eigenvalue weighted by atomic mass is 15.3. The lowest BCUT2D eigenvalue weighted by Gasteiger charge is -2.47. The predicted octanol–water partition coefficient (Wildman–Crippen LogP) is 4.91. The second-order valence-electron chi connectivity index (χ2n) is 7.13. The summed E-state index contributed by atoms with van der Waals surface area (Å²) in [6.45, 7) is 0. The van der Waals surface area contributed by atoms with Crippen molar-refractivity contribution in [2.24, 2.45) is 0 Å². The molecule has 0 radical (unpaired) electrons. The van der Waals surface area contributed by atoms with Crippen LogP contribution < -0.4 is 4.90 Å². The third-order valence-corrected chi connectivity index (χ3v) is 5.98. The molecule has 2 aromatic carbocycles. The van der Waals surface area contributed by atoms with Crippen molar-refractivity contribution in [1.29, 1.82) is 10.5 Å². The lowest BCUT2D eigenvalue weighted by Crippen LogP contribution is -2.50. The number of hydrogen-bond acceptors (Lipinski definition) is 3. The first-order valence-electron chi connectivity index (χ1n) is 8.87. The Labute approximate surface area is 143 Å². The number of fused-ring (bicyclic) bond motifs is 3.